The molecule has 0 amide bonds. The number of hydrogen-bond donors (Lipinski definition) is 3. The standard InChI is InChI=1S/C20H36O7P2/c1-6-9-19(11-7-10-17(2)3)12-8-13-20(16-18(4)5)14-15-26-29(24,25)27-28(21,22)23/h6,10,12,14,18H,1,7-9,11,13,15-16H2,2-5H3,(H,24,25)(H2,21,22,23)/b19-12+,20-14-. The van der Waals surface area contributed by atoms with Crippen LogP contribution in [0.5, 0.6) is 0 Å². The first-order valence-electron chi connectivity index (χ1n) is 9.69. The highest BCUT2D eigenvalue weighted by molar-refractivity contribution is 7.60. The summed E-state index contributed by atoms with van der Waals surface area (Å²) in [4.78, 5) is 26.6. The van der Waals surface area contributed by atoms with Crippen LogP contribution in [0, 0.1) is 5.92 Å². The van der Waals surface area contributed by atoms with E-state index in [-0.39, 0.29) is 6.61 Å². The highest BCUT2D eigenvalue weighted by Crippen LogP contribution is 2.57. The molecule has 0 aromatic carbocycles. The maximum absolute atomic E-state index is 11.5. The van der Waals surface area contributed by atoms with Crippen molar-refractivity contribution in [3.63, 3.8) is 0 Å². The molecule has 0 spiro atoms. The summed E-state index contributed by atoms with van der Waals surface area (Å²) in [7, 11) is -9.92. The van der Waals surface area contributed by atoms with E-state index in [0.717, 1.165) is 44.1 Å². The van der Waals surface area contributed by atoms with E-state index in [1.807, 2.05) is 6.08 Å². The van der Waals surface area contributed by atoms with Crippen LogP contribution in [0.15, 0.2) is 47.6 Å². The van der Waals surface area contributed by atoms with Crippen molar-refractivity contribution in [2.45, 2.75) is 66.2 Å². The molecule has 0 saturated carbocycles. The molecule has 0 aliphatic rings. The Morgan fingerprint density at radius 1 is 1.00 bits per heavy atom. The lowest BCUT2D eigenvalue weighted by Gasteiger charge is -2.13. The van der Waals surface area contributed by atoms with Crippen molar-refractivity contribution in [1.82, 2.24) is 0 Å². The first-order valence-corrected chi connectivity index (χ1v) is 12.7. The van der Waals surface area contributed by atoms with E-state index in [9.17, 15) is 14.0 Å². The zero-order valence-corrected chi connectivity index (χ0v) is 19.7. The van der Waals surface area contributed by atoms with Gasteiger partial charge in [-0.3, -0.25) is 4.52 Å². The van der Waals surface area contributed by atoms with Gasteiger partial charge in [0.1, 0.15) is 0 Å². The summed E-state index contributed by atoms with van der Waals surface area (Å²) in [5.74, 6) is 0.392. The molecule has 0 aromatic rings. The fourth-order valence-electron chi connectivity index (χ4n) is 2.70. The van der Waals surface area contributed by atoms with Crippen LogP contribution >= 0.6 is 15.6 Å². The summed E-state index contributed by atoms with van der Waals surface area (Å²) in [6.07, 6.45) is 13.2. The molecule has 0 aromatic heterocycles. The Morgan fingerprint density at radius 3 is 2.10 bits per heavy atom. The second-order valence-electron chi connectivity index (χ2n) is 7.51. The predicted octanol–water partition coefficient (Wildman–Crippen LogP) is 6.21. The SMILES string of the molecule is C=CC/C(=C\CC/C(=C/COP(=O)(O)OP(=O)(O)O)CC(C)C)CCC=C(C)C. The zero-order chi connectivity index (χ0) is 22.5. The number of phosphoric ester groups is 1. The normalized spacial score (nSPS) is 15.3. The van der Waals surface area contributed by atoms with E-state index in [2.05, 4.69) is 55.3 Å². The second kappa shape index (κ2) is 14.3. The van der Waals surface area contributed by atoms with Crippen LogP contribution in [0.4, 0.5) is 0 Å². The van der Waals surface area contributed by atoms with Crippen LogP contribution in [0.25, 0.3) is 0 Å². The van der Waals surface area contributed by atoms with E-state index < -0.39 is 15.6 Å². The molecule has 0 aliphatic carbocycles. The third-order valence-electron chi connectivity index (χ3n) is 3.81. The van der Waals surface area contributed by atoms with E-state index in [4.69, 9.17) is 9.79 Å². The highest BCUT2D eigenvalue weighted by Gasteiger charge is 2.31. The summed E-state index contributed by atoms with van der Waals surface area (Å²) in [5, 5.41) is 0. The minimum Gasteiger partial charge on any atom is -0.302 e. The Hall–Kier alpha value is -0.780. The number of hydrogen-bond acceptors (Lipinski definition) is 4. The molecule has 0 rings (SSSR count). The zero-order valence-electron chi connectivity index (χ0n) is 17.9. The minimum absolute atomic E-state index is 0.264. The minimum atomic E-state index is -5.10. The first kappa shape index (κ1) is 28.2. The predicted molar refractivity (Wildman–Crippen MR) is 117 cm³/mol. The van der Waals surface area contributed by atoms with Crippen LogP contribution in [0.3, 0.4) is 0 Å². The van der Waals surface area contributed by atoms with Gasteiger partial charge in [0.05, 0.1) is 6.61 Å². The molecular formula is C20H36O7P2. The Labute approximate surface area is 175 Å². The van der Waals surface area contributed by atoms with Crippen molar-refractivity contribution in [3.8, 4) is 0 Å². The molecule has 7 nitrogen and oxygen atoms in total. The summed E-state index contributed by atoms with van der Waals surface area (Å²) in [6, 6.07) is 0. The summed E-state index contributed by atoms with van der Waals surface area (Å²) < 4.78 is 30.6. The van der Waals surface area contributed by atoms with Crippen LogP contribution < -0.4 is 0 Å². The molecule has 0 saturated heterocycles. The van der Waals surface area contributed by atoms with Gasteiger partial charge in [-0.25, -0.2) is 9.13 Å². The average molecular weight is 450 g/mol. The average Bonchev–Trinajstić information content (AvgIpc) is 2.51. The van der Waals surface area contributed by atoms with Crippen molar-refractivity contribution in [3.05, 3.63) is 47.6 Å². The smallest absolute Gasteiger partial charge is 0.302 e. The Kier molecular flexibility index (Phi) is 13.9. The van der Waals surface area contributed by atoms with Crippen molar-refractivity contribution in [2.75, 3.05) is 6.61 Å². The van der Waals surface area contributed by atoms with Gasteiger partial charge in [0.25, 0.3) is 0 Å². The third kappa shape index (κ3) is 17.8. The molecule has 3 N–H and O–H groups in total. The van der Waals surface area contributed by atoms with E-state index >= 15 is 0 Å². The van der Waals surface area contributed by atoms with Gasteiger partial charge < -0.3 is 14.7 Å². The molecule has 0 bridgehead atoms. The summed E-state index contributed by atoms with van der Waals surface area (Å²) in [6.45, 7) is 11.9. The van der Waals surface area contributed by atoms with E-state index in [1.165, 1.54) is 11.1 Å². The van der Waals surface area contributed by atoms with Crippen molar-refractivity contribution in [1.29, 1.82) is 0 Å². The van der Waals surface area contributed by atoms with Crippen molar-refractivity contribution < 1.29 is 32.6 Å². The van der Waals surface area contributed by atoms with Crippen LogP contribution in [0.1, 0.15) is 66.2 Å². The quantitative estimate of drug-likeness (QED) is 0.201. The van der Waals surface area contributed by atoms with Gasteiger partial charge in [-0.1, -0.05) is 54.9 Å². The van der Waals surface area contributed by atoms with Gasteiger partial charge >= 0.3 is 15.6 Å². The van der Waals surface area contributed by atoms with Gasteiger partial charge in [0.15, 0.2) is 0 Å². The van der Waals surface area contributed by atoms with Gasteiger partial charge in [-0.2, -0.15) is 4.31 Å². The monoisotopic (exact) mass is 450 g/mol. The first-order chi connectivity index (χ1) is 13.3. The Morgan fingerprint density at radius 2 is 1.59 bits per heavy atom. The van der Waals surface area contributed by atoms with E-state index in [0.29, 0.717) is 5.92 Å². The molecule has 0 radical (unpaired) electrons. The third-order valence-corrected chi connectivity index (χ3v) is 5.96. The fourth-order valence-corrected chi connectivity index (χ4v) is 4.23. The number of rotatable bonds is 15. The lowest BCUT2D eigenvalue weighted by atomic mass is 9.97. The molecule has 0 fully saturated rings. The summed E-state index contributed by atoms with van der Waals surface area (Å²) >= 11 is 0. The van der Waals surface area contributed by atoms with E-state index in [1.54, 1.807) is 6.08 Å². The second-order valence-corrected chi connectivity index (χ2v) is 10.3. The molecule has 9 heteroatoms. The highest BCUT2D eigenvalue weighted by atomic mass is 31.3. The number of phosphoric acid groups is 2. The van der Waals surface area contributed by atoms with Gasteiger partial charge in [0.2, 0.25) is 0 Å². The lowest BCUT2D eigenvalue weighted by molar-refractivity contribution is 0.191. The topological polar surface area (TPSA) is 113 Å². The fraction of sp³-hybridized carbons (Fsp3) is 0.600. The summed E-state index contributed by atoms with van der Waals surface area (Å²) in [5.41, 5.74) is 3.68. The van der Waals surface area contributed by atoms with Gasteiger partial charge in [0, 0.05) is 0 Å². The van der Waals surface area contributed by atoms with Crippen molar-refractivity contribution >= 4 is 15.6 Å². The van der Waals surface area contributed by atoms with Crippen LogP contribution in [-0.2, 0) is 18.0 Å². The van der Waals surface area contributed by atoms with Crippen LogP contribution in [0.2, 0.25) is 0 Å². The largest absolute Gasteiger partial charge is 0.481 e. The van der Waals surface area contributed by atoms with Gasteiger partial charge in [-0.05, 0) is 58.3 Å². The molecule has 1 atom stereocenters. The molecule has 0 heterocycles. The van der Waals surface area contributed by atoms with Crippen molar-refractivity contribution in [2.24, 2.45) is 5.92 Å². The lowest BCUT2D eigenvalue weighted by Crippen LogP contribution is -1.97. The number of allylic oxidation sites excluding steroid dienone is 6. The van der Waals surface area contributed by atoms with Crippen LogP contribution in [-0.4, -0.2) is 21.3 Å². The molecule has 0 aliphatic heterocycles. The molecular weight excluding hydrogens is 414 g/mol. The maximum atomic E-state index is 11.5. The maximum Gasteiger partial charge on any atom is 0.481 e. The molecule has 29 heavy (non-hydrogen) atoms. The molecule has 1 unspecified atom stereocenters. The Balaban J connectivity index is 4.89. The van der Waals surface area contributed by atoms with Gasteiger partial charge in [-0.15, -0.1) is 6.58 Å². The molecule has 168 valence electrons. The Bertz CT molecular complexity index is 683.